The summed E-state index contributed by atoms with van der Waals surface area (Å²) in [6.45, 7) is 0.240. The first-order valence-electron chi connectivity index (χ1n) is 8.11. The van der Waals surface area contributed by atoms with E-state index in [4.69, 9.17) is 0 Å². The van der Waals surface area contributed by atoms with Crippen molar-refractivity contribution in [2.75, 3.05) is 26.2 Å². The van der Waals surface area contributed by atoms with Crippen LogP contribution in [0.5, 0.6) is 0 Å². The van der Waals surface area contributed by atoms with Crippen LogP contribution >= 0.6 is 0 Å². The van der Waals surface area contributed by atoms with Crippen LogP contribution in [0.15, 0.2) is 47.5 Å². The van der Waals surface area contributed by atoms with E-state index < -0.39 is 27.8 Å². The summed E-state index contributed by atoms with van der Waals surface area (Å²) in [5.74, 6) is -0.413. The average Bonchev–Trinajstić information content (AvgIpc) is 3.11. The van der Waals surface area contributed by atoms with Crippen molar-refractivity contribution in [2.24, 2.45) is 0 Å². The number of aromatic nitrogens is 2. The second kappa shape index (κ2) is 7.31. The molecule has 0 unspecified atom stereocenters. The number of amides is 1. The van der Waals surface area contributed by atoms with Gasteiger partial charge in [0.1, 0.15) is 6.54 Å². The zero-order valence-corrected chi connectivity index (χ0v) is 14.9. The van der Waals surface area contributed by atoms with E-state index >= 15 is 0 Å². The molecule has 0 bridgehead atoms. The van der Waals surface area contributed by atoms with Crippen molar-refractivity contribution in [2.45, 2.75) is 17.6 Å². The predicted molar refractivity (Wildman–Crippen MR) is 89.0 cm³/mol. The molecule has 3 rings (SSSR count). The molecule has 1 aromatic carbocycles. The maximum absolute atomic E-state index is 12.6. The van der Waals surface area contributed by atoms with E-state index in [9.17, 15) is 26.4 Å². The van der Waals surface area contributed by atoms with Crippen LogP contribution in [0.1, 0.15) is 5.69 Å². The molecule has 0 N–H and O–H groups in total. The Kier molecular flexibility index (Phi) is 5.24. The number of rotatable bonds is 4. The Balaban J connectivity index is 1.59. The minimum Gasteiger partial charge on any atom is -0.338 e. The average molecular weight is 402 g/mol. The van der Waals surface area contributed by atoms with Gasteiger partial charge in [-0.05, 0) is 18.2 Å². The monoisotopic (exact) mass is 402 g/mol. The van der Waals surface area contributed by atoms with Crippen LogP contribution < -0.4 is 0 Å². The van der Waals surface area contributed by atoms with Gasteiger partial charge in [-0.3, -0.25) is 9.48 Å². The number of carbonyl (C=O) groups is 1. The van der Waals surface area contributed by atoms with Crippen molar-refractivity contribution in [3.05, 3.63) is 48.3 Å². The Bertz CT molecular complexity index is 904. The van der Waals surface area contributed by atoms with Gasteiger partial charge >= 0.3 is 6.18 Å². The number of nitrogens with zero attached hydrogens (tertiary/aromatic N) is 4. The molecule has 0 spiro atoms. The van der Waals surface area contributed by atoms with E-state index in [2.05, 4.69) is 5.10 Å². The molecule has 1 amide bonds. The van der Waals surface area contributed by atoms with Gasteiger partial charge in [-0.25, -0.2) is 8.42 Å². The first kappa shape index (κ1) is 19.4. The molecule has 1 saturated heterocycles. The number of carbonyl (C=O) groups excluding carboxylic acids is 1. The van der Waals surface area contributed by atoms with Crippen molar-refractivity contribution < 1.29 is 26.4 Å². The Hall–Kier alpha value is -2.40. The van der Waals surface area contributed by atoms with Gasteiger partial charge in [0, 0.05) is 32.4 Å². The predicted octanol–water partition coefficient (Wildman–Crippen LogP) is 1.44. The van der Waals surface area contributed by atoms with Gasteiger partial charge in [-0.2, -0.15) is 22.6 Å². The molecule has 0 saturated carbocycles. The SMILES string of the molecule is O=C(Cn1ccc(C(F)(F)F)n1)N1CCN(S(=O)(=O)c2ccccc2)CC1. The Morgan fingerprint density at radius 2 is 1.67 bits per heavy atom. The van der Waals surface area contributed by atoms with Crippen molar-refractivity contribution in [3.8, 4) is 0 Å². The molecule has 1 aliphatic heterocycles. The van der Waals surface area contributed by atoms with Gasteiger partial charge in [0.2, 0.25) is 15.9 Å². The quantitative estimate of drug-likeness (QED) is 0.776. The summed E-state index contributed by atoms with van der Waals surface area (Å²) >= 11 is 0. The van der Waals surface area contributed by atoms with Gasteiger partial charge in [0.15, 0.2) is 5.69 Å². The molecule has 2 heterocycles. The molecule has 146 valence electrons. The molecule has 0 radical (unpaired) electrons. The van der Waals surface area contributed by atoms with Gasteiger partial charge in [-0.1, -0.05) is 18.2 Å². The highest BCUT2D eigenvalue weighted by atomic mass is 32.2. The zero-order chi connectivity index (χ0) is 19.7. The molecule has 11 heteroatoms. The molecule has 0 atom stereocenters. The largest absolute Gasteiger partial charge is 0.435 e. The lowest BCUT2D eigenvalue weighted by Crippen LogP contribution is -2.51. The molecular formula is C16H17F3N4O3S. The summed E-state index contributed by atoms with van der Waals surface area (Å²) in [4.78, 5) is 13.9. The minimum atomic E-state index is -4.56. The van der Waals surface area contributed by atoms with Crippen LogP contribution in [0, 0.1) is 0 Å². The number of sulfonamides is 1. The van der Waals surface area contributed by atoms with Crippen molar-refractivity contribution >= 4 is 15.9 Å². The fraction of sp³-hybridized carbons (Fsp3) is 0.375. The molecule has 2 aromatic rings. The van der Waals surface area contributed by atoms with Crippen LogP contribution in [-0.4, -0.2) is 59.5 Å². The highest BCUT2D eigenvalue weighted by molar-refractivity contribution is 7.89. The highest BCUT2D eigenvalue weighted by Crippen LogP contribution is 2.27. The molecule has 7 nitrogen and oxygen atoms in total. The lowest BCUT2D eigenvalue weighted by Gasteiger charge is -2.34. The summed E-state index contributed by atoms with van der Waals surface area (Å²) in [6, 6.07) is 8.79. The standard InChI is InChI=1S/C16H17F3N4O3S/c17-16(18,19)14-6-7-22(20-14)12-15(24)21-8-10-23(11-9-21)27(25,26)13-4-2-1-3-5-13/h1-7H,8-12H2. The van der Waals surface area contributed by atoms with Gasteiger partial charge in [0.25, 0.3) is 0 Å². The zero-order valence-electron chi connectivity index (χ0n) is 14.1. The van der Waals surface area contributed by atoms with Crippen molar-refractivity contribution in [1.29, 1.82) is 0 Å². The van der Waals surface area contributed by atoms with Crippen LogP contribution in [0.25, 0.3) is 0 Å². The Morgan fingerprint density at radius 3 is 2.22 bits per heavy atom. The van der Waals surface area contributed by atoms with Gasteiger partial charge in [-0.15, -0.1) is 0 Å². The Morgan fingerprint density at radius 1 is 1.04 bits per heavy atom. The van der Waals surface area contributed by atoms with Gasteiger partial charge < -0.3 is 4.90 Å². The van der Waals surface area contributed by atoms with Crippen molar-refractivity contribution in [1.82, 2.24) is 19.0 Å². The number of hydrogen-bond acceptors (Lipinski definition) is 4. The smallest absolute Gasteiger partial charge is 0.338 e. The number of hydrogen-bond donors (Lipinski definition) is 0. The fourth-order valence-electron chi connectivity index (χ4n) is 2.76. The first-order valence-corrected chi connectivity index (χ1v) is 9.55. The summed E-state index contributed by atoms with van der Waals surface area (Å²) < 4.78 is 65.0. The van der Waals surface area contributed by atoms with E-state index in [1.165, 1.54) is 21.3 Å². The summed E-state index contributed by atoms with van der Waals surface area (Å²) in [5.41, 5.74) is -1.06. The van der Waals surface area contributed by atoms with Crippen LogP contribution in [0.3, 0.4) is 0 Å². The number of piperazine rings is 1. The van der Waals surface area contributed by atoms with E-state index in [0.29, 0.717) is 0 Å². The van der Waals surface area contributed by atoms with Crippen LogP contribution in [0.4, 0.5) is 13.2 Å². The van der Waals surface area contributed by atoms with E-state index in [1.54, 1.807) is 18.2 Å². The maximum Gasteiger partial charge on any atom is 0.435 e. The first-order chi connectivity index (χ1) is 12.7. The van der Waals surface area contributed by atoms with Crippen LogP contribution in [-0.2, 0) is 27.5 Å². The maximum atomic E-state index is 12.6. The fourth-order valence-corrected chi connectivity index (χ4v) is 4.20. The third-order valence-electron chi connectivity index (χ3n) is 4.20. The summed E-state index contributed by atoms with van der Waals surface area (Å²) in [7, 11) is -3.63. The highest BCUT2D eigenvalue weighted by Gasteiger charge is 2.34. The third-order valence-corrected chi connectivity index (χ3v) is 6.11. The molecule has 1 fully saturated rings. The molecule has 1 aromatic heterocycles. The molecule has 0 aliphatic carbocycles. The number of alkyl halides is 3. The van der Waals surface area contributed by atoms with Gasteiger partial charge in [0.05, 0.1) is 4.90 Å². The lowest BCUT2D eigenvalue weighted by molar-refractivity contribution is -0.142. The number of halogens is 3. The van der Waals surface area contributed by atoms with E-state index in [-0.39, 0.29) is 37.6 Å². The normalized spacial score (nSPS) is 16.5. The Labute approximate surface area is 154 Å². The number of benzene rings is 1. The topological polar surface area (TPSA) is 75.5 Å². The second-order valence-corrected chi connectivity index (χ2v) is 7.93. The molecule has 1 aliphatic rings. The lowest BCUT2D eigenvalue weighted by atomic mass is 10.3. The molecule has 27 heavy (non-hydrogen) atoms. The van der Waals surface area contributed by atoms with E-state index in [0.717, 1.165) is 16.9 Å². The molecular weight excluding hydrogens is 385 g/mol. The minimum absolute atomic E-state index is 0.121. The third kappa shape index (κ3) is 4.30. The van der Waals surface area contributed by atoms with Crippen molar-refractivity contribution in [3.63, 3.8) is 0 Å². The summed E-state index contributed by atoms with van der Waals surface area (Å²) in [6.07, 6.45) is -3.47. The summed E-state index contributed by atoms with van der Waals surface area (Å²) in [5, 5.41) is 3.35. The second-order valence-electron chi connectivity index (χ2n) is 5.99. The van der Waals surface area contributed by atoms with E-state index in [1.807, 2.05) is 0 Å². The van der Waals surface area contributed by atoms with Crippen LogP contribution in [0.2, 0.25) is 0 Å².